The topological polar surface area (TPSA) is 50.8 Å². The molecule has 0 aliphatic carbocycles. The van der Waals surface area contributed by atoms with Crippen LogP contribution in [0, 0.1) is 0 Å². The zero-order valence-corrected chi connectivity index (χ0v) is 17.6. The first-order valence-corrected chi connectivity index (χ1v) is 10.1. The van der Waals surface area contributed by atoms with E-state index in [1.807, 2.05) is 71.6 Å². The first-order valence-electron chi connectivity index (χ1n) is 9.73. The summed E-state index contributed by atoms with van der Waals surface area (Å²) >= 11 is 6.29. The molecule has 154 valence electrons. The number of benzene rings is 3. The number of ether oxygens (including phenoxy) is 2. The van der Waals surface area contributed by atoms with Gasteiger partial charge in [0.05, 0.1) is 20.3 Å². The second kappa shape index (κ2) is 8.67. The van der Waals surface area contributed by atoms with Crippen molar-refractivity contribution in [2.75, 3.05) is 26.1 Å². The number of nitrogens with one attached hydrogen (secondary N) is 1. The van der Waals surface area contributed by atoms with Crippen molar-refractivity contribution in [3.8, 4) is 11.5 Å². The van der Waals surface area contributed by atoms with Gasteiger partial charge in [-0.15, -0.1) is 0 Å². The van der Waals surface area contributed by atoms with Crippen LogP contribution in [0.25, 0.3) is 0 Å². The summed E-state index contributed by atoms with van der Waals surface area (Å²) in [5, 5.41) is 3.63. The molecule has 0 radical (unpaired) electrons. The van der Waals surface area contributed by atoms with Gasteiger partial charge in [-0.3, -0.25) is 0 Å². The fourth-order valence-electron chi connectivity index (χ4n) is 3.92. The van der Waals surface area contributed by atoms with Crippen LogP contribution in [0.5, 0.6) is 11.5 Å². The number of carbonyl (C=O) groups excluding carboxylic acids is 1. The minimum atomic E-state index is -0.295. The van der Waals surface area contributed by atoms with Gasteiger partial charge in [0.2, 0.25) is 0 Å². The SMILES string of the molecule is COc1cc2c(cc1OC)[C@H](c1cccc(Cl)c1)N(C(=O)Nc1ccccc1)CC2. The van der Waals surface area contributed by atoms with Gasteiger partial charge < -0.3 is 19.7 Å². The number of anilines is 1. The largest absolute Gasteiger partial charge is 0.493 e. The molecule has 30 heavy (non-hydrogen) atoms. The zero-order chi connectivity index (χ0) is 21.1. The van der Waals surface area contributed by atoms with Gasteiger partial charge in [0, 0.05) is 17.3 Å². The number of hydrogen-bond donors (Lipinski definition) is 1. The molecule has 0 spiro atoms. The third-order valence-corrected chi connectivity index (χ3v) is 5.56. The lowest BCUT2D eigenvalue weighted by Gasteiger charge is -2.38. The van der Waals surface area contributed by atoms with Crippen LogP contribution < -0.4 is 14.8 Å². The Kier molecular flexibility index (Phi) is 5.81. The van der Waals surface area contributed by atoms with Crippen LogP contribution in [-0.4, -0.2) is 31.7 Å². The summed E-state index contributed by atoms with van der Waals surface area (Å²) in [4.78, 5) is 15.1. The molecule has 0 unspecified atom stereocenters. The van der Waals surface area contributed by atoms with Crippen molar-refractivity contribution in [3.05, 3.63) is 88.4 Å². The molecule has 1 heterocycles. The van der Waals surface area contributed by atoms with Gasteiger partial charge in [-0.1, -0.05) is 41.9 Å². The highest BCUT2D eigenvalue weighted by Crippen LogP contribution is 2.41. The fourth-order valence-corrected chi connectivity index (χ4v) is 4.12. The summed E-state index contributed by atoms with van der Waals surface area (Å²) in [6, 6.07) is 20.6. The van der Waals surface area contributed by atoms with Gasteiger partial charge in [-0.2, -0.15) is 0 Å². The second-order valence-electron chi connectivity index (χ2n) is 7.10. The minimum absolute atomic E-state index is 0.161. The standard InChI is InChI=1S/C24H23ClN2O3/c1-29-21-14-16-11-12-27(24(28)26-19-9-4-3-5-10-19)23(20(16)15-22(21)30-2)17-7-6-8-18(25)13-17/h3-10,13-15,23H,11-12H2,1-2H3,(H,26,28)/t23-/m0/s1. The molecule has 3 aromatic carbocycles. The number of halogens is 1. The van der Waals surface area contributed by atoms with E-state index >= 15 is 0 Å². The smallest absolute Gasteiger partial charge is 0.322 e. The van der Waals surface area contributed by atoms with Crippen molar-refractivity contribution in [2.24, 2.45) is 0 Å². The Bertz CT molecular complexity index is 1060. The van der Waals surface area contributed by atoms with E-state index in [0.29, 0.717) is 23.1 Å². The Morgan fingerprint density at radius 2 is 1.73 bits per heavy atom. The van der Waals surface area contributed by atoms with Crippen molar-refractivity contribution < 1.29 is 14.3 Å². The van der Waals surface area contributed by atoms with Gasteiger partial charge in [0.25, 0.3) is 0 Å². The molecule has 0 aromatic heterocycles. The normalized spacial score (nSPS) is 15.3. The van der Waals surface area contributed by atoms with E-state index in [4.69, 9.17) is 21.1 Å². The van der Waals surface area contributed by atoms with E-state index in [-0.39, 0.29) is 12.1 Å². The monoisotopic (exact) mass is 422 g/mol. The number of methoxy groups -OCH3 is 2. The van der Waals surface area contributed by atoms with E-state index in [1.54, 1.807) is 14.2 Å². The summed E-state index contributed by atoms with van der Waals surface area (Å²) < 4.78 is 11.0. The molecule has 1 atom stereocenters. The van der Waals surface area contributed by atoms with Crippen LogP contribution in [0.1, 0.15) is 22.7 Å². The summed E-state index contributed by atoms with van der Waals surface area (Å²) in [5.74, 6) is 1.32. The molecule has 1 N–H and O–H groups in total. The van der Waals surface area contributed by atoms with E-state index in [9.17, 15) is 4.79 Å². The number of hydrogen-bond acceptors (Lipinski definition) is 3. The van der Waals surface area contributed by atoms with Gasteiger partial charge >= 0.3 is 6.03 Å². The highest BCUT2D eigenvalue weighted by Gasteiger charge is 2.33. The Balaban J connectivity index is 1.78. The van der Waals surface area contributed by atoms with Gasteiger partial charge in [-0.25, -0.2) is 4.79 Å². The van der Waals surface area contributed by atoms with Crippen molar-refractivity contribution in [1.29, 1.82) is 0 Å². The predicted molar refractivity (Wildman–Crippen MR) is 119 cm³/mol. The third kappa shape index (κ3) is 3.94. The van der Waals surface area contributed by atoms with Crippen LogP contribution >= 0.6 is 11.6 Å². The average molecular weight is 423 g/mol. The summed E-state index contributed by atoms with van der Waals surface area (Å²) in [6.07, 6.45) is 0.717. The summed E-state index contributed by atoms with van der Waals surface area (Å²) in [7, 11) is 3.24. The van der Waals surface area contributed by atoms with Crippen LogP contribution in [-0.2, 0) is 6.42 Å². The molecule has 0 fully saturated rings. The average Bonchev–Trinajstić information content (AvgIpc) is 2.77. The van der Waals surface area contributed by atoms with Crippen molar-refractivity contribution in [3.63, 3.8) is 0 Å². The number of amides is 2. The zero-order valence-electron chi connectivity index (χ0n) is 16.9. The summed E-state index contributed by atoms with van der Waals surface area (Å²) in [5.41, 5.74) is 3.83. The molecule has 5 nitrogen and oxygen atoms in total. The molecule has 0 saturated heterocycles. The number of para-hydroxylation sites is 1. The molecule has 4 rings (SSSR count). The Labute approximate surface area is 181 Å². The van der Waals surface area contributed by atoms with Crippen LogP contribution in [0.15, 0.2) is 66.7 Å². The summed E-state index contributed by atoms with van der Waals surface area (Å²) in [6.45, 7) is 0.568. The maximum absolute atomic E-state index is 13.2. The Hall–Kier alpha value is -3.18. The van der Waals surface area contributed by atoms with Gasteiger partial charge in [0.1, 0.15) is 0 Å². The van der Waals surface area contributed by atoms with E-state index in [0.717, 1.165) is 28.8 Å². The molecular formula is C24H23ClN2O3. The lowest BCUT2D eigenvalue weighted by Crippen LogP contribution is -2.43. The molecule has 0 saturated carbocycles. The molecule has 6 heteroatoms. The quantitative estimate of drug-likeness (QED) is 0.600. The molecule has 1 aliphatic heterocycles. The maximum Gasteiger partial charge on any atom is 0.322 e. The Morgan fingerprint density at radius 1 is 1.00 bits per heavy atom. The molecule has 2 amide bonds. The predicted octanol–water partition coefficient (Wildman–Crippen LogP) is 5.54. The van der Waals surface area contributed by atoms with Crippen molar-refractivity contribution in [2.45, 2.75) is 12.5 Å². The fraction of sp³-hybridized carbons (Fsp3) is 0.208. The second-order valence-corrected chi connectivity index (χ2v) is 7.54. The highest BCUT2D eigenvalue weighted by atomic mass is 35.5. The van der Waals surface area contributed by atoms with Gasteiger partial charge in [-0.05, 0) is 59.5 Å². The van der Waals surface area contributed by atoms with Crippen molar-refractivity contribution in [1.82, 2.24) is 4.90 Å². The molecular weight excluding hydrogens is 400 g/mol. The van der Waals surface area contributed by atoms with Crippen molar-refractivity contribution >= 4 is 23.3 Å². The Morgan fingerprint density at radius 3 is 2.43 bits per heavy atom. The molecule has 0 bridgehead atoms. The number of carbonyl (C=O) groups is 1. The third-order valence-electron chi connectivity index (χ3n) is 5.32. The van der Waals surface area contributed by atoms with E-state index < -0.39 is 0 Å². The minimum Gasteiger partial charge on any atom is -0.493 e. The van der Waals surface area contributed by atoms with Crippen LogP contribution in [0.3, 0.4) is 0 Å². The first-order chi connectivity index (χ1) is 14.6. The number of urea groups is 1. The van der Waals surface area contributed by atoms with Gasteiger partial charge in [0.15, 0.2) is 11.5 Å². The van der Waals surface area contributed by atoms with Crippen LogP contribution in [0.4, 0.5) is 10.5 Å². The lowest BCUT2D eigenvalue weighted by atomic mass is 9.88. The number of nitrogens with zero attached hydrogens (tertiary/aromatic N) is 1. The van der Waals surface area contributed by atoms with E-state index in [2.05, 4.69) is 5.32 Å². The molecule has 1 aliphatic rings. The van der Waals surface area contributed by atoms with Crippen LogP contribution in [0.2, 0.25) is 5.02 Å². The molecule has 3 aromatic rings. The maximum atomic E-state index is 13.2. The number of fused-ring (bicyclic) bond motifs is 1. The van der Waals surface area contributed by atoms with E-state index in [1.165, 1.54) is 0 Å². The first kappa shape index (κ1) is 20.1. The highest BCUT2D eigenvalue weighted by molar-refractivity contribution is 6.30. The number of rotatable bonds is 4. The lowest BCUT2D eigenvalue weighted by molar-refractivity contribution is 0.193.